The fourth-order valence-corrected chi connectivity index (χ4v) is 3.35. The van der Waals surface area contributed by atoms with Crippen molar-refractivity contribution in [1.29, 1.82) is 0 Å². The first-order chi connectivity index (χ1) is 14.2. The maximum atomic E-state index is 12.5. The quantitative estimate of drug-likeness (QED) is 0.488. The van der Waals surface area contributed by atoms with E-state index in [1.54, 1.807) is 0 Å². The maximum Gasteiger partial charge on any atom is 0.275 e. The molecule has 0 fully saturated rings. The minimum Gasteiger partial charge on any atom is -0.379 e. The molecule has 0 bridgehead atoms. The van der Waals surface area contributed by atoms with Crippen molar-refractivity contribution in [3.8, 4) is 11.4 Å². The van der Waals surface area contributed by atoms with E-state index in [4.69, 9.17) is 11.6 Å². The van der Waals surface area contributed by atoms with Crippen LogP contribution in [-0.2, 0) is 12.0 Å². The van der Waals surface area contributed by atoms with E-state index in [1.807, 2.05) is 37.3 Å². The zero-order valence-corrected chi connectivity index (χ0v) is 18.2. The lowest BCUT2D eigenvalue weighted by atomic mass is 9.87. The van der Waals surface area contributed by atoms with Crippen LogP contribution in [0.5, 0.6) is 0 Å². The number of benzene rings is 2. The smallest absolute Gasteiger partial charge is 0.275 e. The molecule has 0 aliphatic heterocycles. The van der Waals surface area contributed by atoms with Crippen LogP contribution in [0.3, 0.4) is 0 Å². The number of rotatable bonds is 4. The van der Waals surface area contributed by atoms with E-state index in [2.05, 4.69) is 53.3 Å². The summed E-state index contributed by atoms with van der Waals surface area (Å²) in [6, 6.07) is 15.4. The third kappa shape index (κ3) is 4.09. The largest absolute Gasteiger partial charge is 0.379 e. The molecule has 0 saturated carbocycles. The van der Waals surface area contributed by atoms with Gasteiger partial charge in [-0.15, -0.1) is 5.10 Å². The van der Waals surface area contributed by atoms with E-state index < -0.39 is 0 Å². The van der Waals surface area contributed by atoms with Gasteiger partial charge in [0.1, 0.15) is 0 Å². The molecule has 0 saturated heterocycles. The van der Waals surface area contributed by atoms with Crippen LogP contribution in [0, 0.1) is 6.92 Å². The Morgan fingerprint density at radius 3 is 2.50 bits per heavy atom. The monoisotopic (exact) mass is 421 g/mol. The van der Waals surface area contributed by atoms with E-state index >= 15 is 0 Å². The molecule has 0 aliphatic carbocycles. The molecule has 0 spiro atoms. The van der Waals surface area contributed by atoms with Crippen LogP contribution in [-0.4, -0.2) is 19.6 Å². The molecule has 2 aromatic carbocycles. The van der Waals surface area contributed by atoms with Gasteiger partial charge in [0.2, 0.25) is 5.78 Å². The Balaban J connectivity index is 1.59. The molecule has 154 valence electrons. The number of halogens is 1. The van der Waals surface area contributed by atoms with Crippen molar-refractivity contribution in [2.45, 2.75) is 39.7 Å². The molecule has 2 aromatic heterocycles. The first kappa shape index (κ1) is 20.2. The summed E-state index contributed by atoms with van der Waals surface area (Å²) in [6.07, 6.45) is 0. The van der Waals surface area contributed by atoms with Gasteiger partial charge in [-0.25, -0.2) is 0 Å². The predicted molar refractivity (Wildman–Crippen MR) is 121 cm³/mol. The zero-order valence-electron chi connectivity index (χ0n) is 17.5. The fourth-order valence-electron chi connectivity index (χ4n) is 3.17. The number of fused-ring (bicyclic) bond motifs is 1. The van der Waals surface area contributed by atoms with Gasteiger partial charge in [-0.2, -0.15) is 9.50 Å². The first-order valence-electron chi connectivity index (χ1n) is 9.80. The Morgan fingerprint density at radius 2 is 1.83 bits per heavy atom. The highest BCUT2D eigenvalue weighted by Gasteiger charge is 2.15. The summed E-state index contributed by atoms with van der Waals surface area (Å²) in [6.45, 7) is 8.91. The second-order valence-electron chi connectivity index (χ2n) is 8.45. The Morgan fingerprint density at radius 1 is 1.10 bits per heavy atom. The van der Waals surface area contributed by atoms with Gasteiger partial charge in [0.05, 0.1) is 6.54 Å². The predicted octanol–water partition coefficient (Wildman–Crippen LogP) is 4.96. The fraction of sp³-hybridized carbons (Fsp3) is 0.261. The summed E-state index contributed by atoms with van der Waals surface area (Å²) in [5.41, 5.74) is 4.56. The van der Waals surface area contributed by atoms with Gasteiger partial charge < -0.3 is 10.3 Å². The van der Waals surface area contributed by atoms with Gasteiger partial charge in [0, 0.05) is 28.0 Å². The summed E-state index contributed by atoms with van der Waals surface area (Å²) in [5, 5.41) is 8.34. The molecule has 6 nitrogen and oxygen atoms in total. The topological polar surface area (TPSA) is 75.1 Å². The minimum atomic E-state index is -0.229. The van der Waals surface area contributed by atoms with Crippen molar-refractivity contribution in [2.75, 3.05) is 5.32 Å². The van der Waals surface area contributed by atoms with E-state index in [0.717, 1.165) is 16.8 Å². The molecule has 0 amide bonds. The molecular weight excluding hydrogens is 398 g/mol. The van der Waals surface area contributed by atoms with Crippen LogP contribution < -0.4 is 10.9 Å². The highest BCUT2D eigenvalue weighted by atomic mass is 35.5. The van der Waals surface area contributed by atoms with Gasteiger partial charge in [-0.3, -0.25) is 4.79 Å². The molecule has 2 N–H and O–H groups in total. The Bertz CT molecular complexity index is 1270. The first-order valence-corrected chi connectivity index (χ1v) is 10.2. The summed E-state index contributed by atoms with van der Waals surface area (Å²) < 4.78 is 1.29. The number of aryl methyl sites for hydroxylation is 1. The van der Waals surface area contributed by atoms with Gasteiger partial charge >= 0.3 is 0 Å². The minimum absolute atomic E-state index is 0.0738. The summed E-state index contributed by atoms with van der Waals surface area (Å²) in [7, 11) is 0. The number of aromatic amines is 1. The third-order valence-electron chi connectivity index (χ3n) is 5.05. The number of aromatic nitrogens is 4. The van der Waals surface area contributed by atoms with Crippen molar-refractivity contribution < 1.29 is 0 Å². The lowest BCUT2D eigenvalue weighted by Crippen LogP contribution is -2.17. The Hall–Kier alpha value is -3.12. The van der Waals surface area contributed by atoms with E-state index in [1.165, 1.54) is 16.1 Å². The molecule has 4 aromatic rings. The molecule has 0 unspecified atom stereocenters. The van der Waals surface area contributed by atoms with Crippen LogP contribution >= 0.6 is 11.6 Å². The van der Waals surface area contributed by atoms with Crippen molar-refractivity contribution in [3.63, 3.8) is 0 Å². The van der Waals surface area contributed by atoms with Crippen molar-refractivity contribution >= 4 is 23.1 Å². The average Bonchev–Trinajstić information content (AvgIpc) is 3.13. The average molecular weight is 422 g/mol. The Labute approximate surface area is 179 Å². The number of hydrogen-bond donors (Lipinski definition) is 2. The molecule has 0 aliphatic rings. The molecule has 2 heterocycles. The number of H-pyrrole nitrogens is 1. The van der Waals surface area contributed by atoms with Gasteiger partial charge in [0.25, 0.3) is 5.56 Å². The van der Waals surface area contributed by atoms with Crippen molar-refractivity contribution in [3.05, 3.63) is 80.7 Å². The summed E-state index contributed by atoms with van der Waals surface area (Å²) in [5.74, 6) is 0.926. The second kappa shape index (κ2) is 7.61. The maximum absolute atomic E-state index is 12.5. The third-order valence-corrected chi connectivity index (χ3v) is 5.46. The van der Waals surface area contributed by atoms with Crippen LogP contribution in [0.25, 0.3) is 17.2 Å². The van der Waals surface area contributed by atoms with E-state index in [0.29, 0.717) is 28.9 Å². The highest BCUT2D eigenvalue weighted by molar-refractivity contribution is 6.31. The Kier molecular flexibility index (Phi) is 5.12. The van der Waals surface area contributed by atoms with Crippen LogP contribution in [0.15, 0.2) is 53.3 Å². The van der Waals surface area contributed by atoms with Crippen LogP contribution in [0.1, 0.15) is 37.6 Å². The van der Waals surface area contributed by atoms with Crippen LogP contribution in [0.2, 0.25) is 5.02 Å². The molecule has 30 heavy (non-hydrogen) atoms. The zero-order chi connectivity index (χ0) is 21.5. The number of nitrogens with zero attached hydrogens (tertiary/aromatic N) is 3. The number of nitrogens with one attached hydrogen (secondary N) is 2. The van der Waals surface area contributed by atoms with Gasteiger partial charge in [-0.05, 0) is 35.6 Å². The molecule has 4 rings (SSSR count). The lowest BCUT2D eigenvalue weighted by Gasteiger charge is -2.18. The van der Waals surface area contributed by atoms with Crippen molar-refractivity contribution in [2.24, 2.45) is 0 Å². The molecule has 0 radical (unpaired) electrons. The van der Waals surface area contributed by atoms with Gasteiger partial charge in [0.15, 0.2) is 5.82 Å². The number of hydrogen-bond acceptors (Lipinski definition) is 4. The molecule has 7 heteroatoms. The van der Waals surface area contributed by atoms with Crippen molar-refractivity contribution in [1.82, 2.24) is 19.6 Å². The van der Waals surface area contributed by atoms with E-state index in [-0.39, 0.29) is 11.0 Å². The summed E-state index contributed by atoms with van der Waals surface area (Å²) >= 11 is 6.18. The summed E-state index contributed by atoms with van der Waals surface area (Å²) in [4.78, 5) is 20.2. The molecule has 0 atom stereocenters. The molecular formula is C23H24ClN5O. The second-order valence-corrected chi connectivity index (χ2v) is 8.86. The standard InChI is InChI=1S/C23H24ClN5O/c1-14-5-10-17(11-19(14)24)25-13-18-12-20(30)29-22(26-18)27-21(28-29)15-6-8-16(9-7-15)23(2,3)4/h5-12,25H,13H2,1-4H3,(H,26,27,28). The van der Waals surface area contributed by atoms with Gasteiger partial charge in [-0.1, -0.05) is 62.7 Å². The van der Waals surface area contributed by atoms with Crippen LogP contribution in [0.4, 0.5) is 5.69 Å². The number of anilines is 1. The highest BCUT2D eigenvalue weighted by Crippen LogP contribution is 2.25. The SMILES string of the molecule is Cc1ccc(NCc2cc(=O)n3nc(-c4ccc(C(C)(C)C)cc4)nc3[nH]2)cc1Cl. The normalized spacial score (nSPS) is 11.8. The lowest BCUT2D eigenvalue weighted by molar-refractivity contribution is 0.590. The van der Waals surface area contributed by atoms with E-state index in [9.17, 15) is 4.79 Å².